The number of benzene rings is 1. The van der Waals surface area contributed by atoms with Crippen LogP contribution in [-0.4, -0.2) is 38.4 Å². The van der Waals surface area contributed by atoms with Crippen molar-refractivity contribution in [3.05, 3.63) is 29.3 Å². The predicted octanol–water partition coefficient (Wildman–Crippen LogP) is 0.962. The maximum Gasteiger partial charge on any atom is 0.251 e. The molecule has 20 heavy (non-hydrogen) atoms. The summed E-state index contributed by atoms with van der Waals surface area (Å²) in [7, 11) is -2.97. The van der Waals surface area contributed by atoms with E-state index in [2.05, 4.69) is 10.6 Å². The van der Waals surface area contributed by atoms with E-state index >= 15 is 0 Å². The number of hydrogen-bond acceptors (Lipinski definition) is 4. The maximum absolute atomic E-state index is 12.3. The van der Waals surface area contributed by atoms with Crippen LogP contribution >= 0.6 is 0 Å². The van der Waals surface area contributed by atoms with E-state index in [-0.39, 0.29) is 23.5 Å². The van der Waals surface area contributed by atoms with Crippen molar-refractivity contribution in [2.45, 2.75) is 25.3 Å². The van der Waals surface area contributed by atoms with E-state index in [1.165, 1.54) is 0 Å². The quantitative estimate of drug-likeness (QED) is 0.852. The van der Waals surface area contributed by atoms with Crippen molar-refractivity contribution < 1.29 is 13.2 Å². The summed E-state index contributed by atoms with van der Waals surface area (Å²) >= 11 is 0. The van der Waals surface area contributed by atoms with Crippen molar-refractivity contribution >= 4 is 21.4 Å². The summed E-state index contributed by atoms with van der Waals surface area (Å²) in [6.45, 7) is 0.930. The van der Waals surface area contributed by atoms with Crippen molar-refractivity contribution in [1.29, 1.82) is 0 Å². The zero-order valence-corrected chi connectivity index (χ0v) is 12.0. The average Bonchev–Trinajstić information content (AvgIpc) is 2.77. The van der Waals surface area contributed by atoms with Crippen molar-refractivity contribution in [1.82, 2.24) is 5.32 Å². The van der Waals surface area contributed by atoms with Crippen molar-refractivity contribution in [2.24, 2.45) is 0 Å². The monoisotopic (exact) mass is 294 g/mol. The molecular formula is C14H18N2O3S. The van der Waals surface area contributed by atoms with E-state index in [0.717, 1.165) is 30.6 Å². The molecule has 2 aliphatic rings. The lowest BCUT2D eigenvalue weighted by Gasteiger charge is -2.21. The molecule has 0 radical (unpaired) electrons. The molecule has 1 fully saturated rings. The summed E-state index contributed by atoms with van der Waals surface area (Å²) in [4.78, 5) is 12.3. The Kier molecular flexibility index (Phi) is 3.41. The Bertz CT molecular complexity index is 640. The van der Waals surface area contributed by atoms with Gasteiger partial charge in [0, 0.05) is 23.8 Å². The van der Waals surface area contributed by atoms with E-state index in [1.807, 2.05) is 18.2 Å². The Morgan fingerprint density at radius 1 is 1.35 bits per heavy atom. The minimum Gasteiger partial charge on any atom is -0.385 e. The summed E-state index contributed by atoms with van der Waals surface area (Å²) in [6, 6.07) is 5.40. The van der Waals surface area contributed by atoms with Gasteiger partial charge >= 0.3 is 0 Å². The van der Waals surface area contributed by atoms with Gasteiger partial charge in [-0.05, 0) is 37.0 Å². The SMILES string of the molecule is O=C(NC1CCS(=O)(=O)C1)c1cccc2c1CCCN2. The maximum atomic E-state index is 12.3. The number of nitrogens with one attached hydrogen (secondary N) is 2. The van der Waals surface area contributed by atoms with Crippen LogP contribution < -0.4 is 10.6 Å². The van der Waals surface area contributed by atoms with Crippen LogP contribution in [0.4, 0.5) is 5.69 Å². The number of anilines is 1. The molecule has 0 bridgehead atoms. The number of sulfone groups is 1. The summed E-state index contributed by atoms with van der Waals surface area (Å²) in [5.74, 6) is 0.0750. The first-order valence-corrected chi connectivity index (χ1v) is 8.74. The van der Waals surface area contributed by atoms with Gasteiger partial charge < -0.3 is 10.6 Å². The lowest BCUT2D eigenvalue weighted by atomic mass is 9.97. The van der Waals surface area contributed by atoms with Crippen LogP contribution in [0.1, 0.15) is 28.8 Å². The second-order valence-electron chi connectivity index (χ2n) is 5.44. The molecule has 1 saturated heterocycles. The second kappa shape index (κ2) is 5.09. The van der Waals surface area contributed by atoms with E-state index < -0.39 is 9.84 Å². The topological polar surface area (TPSA) is 75.3 Å². The summed E-state index contributed by atoms with van der Waals surface area (Å²) in [6.07, 6.45) is 2.41. The summed E-state index contributed by atoms with van der Waals surface area (Å²) < 4.78 is 22.9. The van der Waals surface area contributed by atoms with Crippen molar-refractivity contribution in [2.75, 3.05) is 23.4 Å². The Hall–Kier alpha value is -1.56. The average molecular weight is 294 g/mol. The molecule has 2 heterocycles. The van der Waals surface area contributed by atoms with E-state index in [4.69, 9.17) is 0 Å². The van der Waals surface area contributed by atoms with Crippen LogP contribution in [0.2, 0.25) is 0 Å². The fraction of sp³-hybridized carbons (Fsp3) is 0.500. The Morgan fingerprint density at radius 3 is 2.95 bits per heavy atom. The third-order valence-corrected chi connectivity index (χ3v) is 5.68. The highest BCUT2D eigenvalue weighted by Gasteiger charge is 2.29. The standard InChI is InChI=1S/C14H18N2O3S/c17-14(16-10-6-8-20(18,19)9-10)12-3-1-5-13-11(12)4-2-7-15-13/h1,3,5,10,15H,2,4,6-9H2,(H,16,17). The molecule has 1 aromatic carbocycles. The Balaban J connectivity index is 1.78. The first kappa shape index (κ1) is 13.4. The summed E-state index contributed by atoms with van der Waals surface area (Å²) in [5, 5.41) is 6.14. The normalized spacial score (nSPS) is 23.7. The van der Waals surface area contributed by atoms with Gasteiger partial charge in [0.25, 0.3) is 5.91 Å². The molecular weight excluding hydrogens is 276 g/mol. The fourth-order valence-electron chi connectivity index (χ4n) is 2.89. The Labute approximate surface area is 118 Å². The number of amides is 1. The highest BCUT2D eigenvalue weighted by molar-refractivity contribution is 7.91. The largest absolute Gasteiger partial charge is 0.385 e. The molecule has 108 valence electrons. The molecule has 5 nitrogen and oxygen atoms in total. The third-order valence-electron chi connectivity index (χ3n) is 3.91. The highest BCUT2D eigenvalue weighted by atomic mass is 32.2. The predicted molar refractivity (Wildman–Crippen MR) is 77.8 cm³/mol. The highest BCUT2D eigenvalue weighted by Crippen LogP contribution is 2.25. The number of fused-ring (bicyclic) bond motifs is 1. The number of rotatable bonds is 2. The number of carbonyl (C=O) groups is 1. The van der Waals surface area contributed by atoms with E-state index in [9.17, 15) is 13.2 Å². The third kappa shape index (κ3) is 2.65. The van der Waals surface area contributed by atoms with Crippen LogP contribution in [0.15, 0.2) is 18.2 Å². The smallest absolute Gasteiger partial charge is 0.251 e. The molecule has 0 spiro atoms. The van der Waals surface area contributed by atoms with Crippen molar-refractivity contribution in [3.8, 4) is 0 Å². The number of carbonyl (C=O) groups excluding carboxylic acids is 1. The minimum atomic E-state index is -2.97. The van der Waals surface area contributed by atoms with E-state index in [0.29, 0.717) is 12.0 Å². The van der Waals surface area contributed by atoms with Crippen LogP contribution in [0.3, 0.4) is 0 Å². The number of hydrogen-bond donors (Lipinski definition) is 2. The lowest BCUT2D eigenvalue weighted by Crippen LogP contribution is -2.36. The lowest BCUT2D eigenvalue weighted by molar-refractivity contribution is 0.0940. The van der Waals surface area contributed by atoms with Crippen LogP contribution in [-0.2, 0) is 16.3 Å². The molecule has 2 N–H and O–H groups in total. The molecule has 0 saturated carbocycles. The van der Waals surface area contributed by atoms with Gasteiger partial charge in [0.2, 0.25) is 0 Å². The van der Waals surface area contributed by atoms with Gasteiger partial charge in [0.05, 0.1) is 11.5 Å². The Morgan fingerprint density at radius 2 is 2.20 bits per heavy atom. The molecule has 6 heteroatoms. The van der Waals surface area contributed by atoms with Gasteiger partial charge in [0.1, 0.15) is 0 Å². The zero-order chi connectivity index (χ0) is 14.2. The van der Waals surface area contributed by atoms with Crippen LogP contribution in [0.25, 0.3) is 0 Å². The molecule has 2 aliphatic heterocycles. The molecule has 0 aromatic heterocycles. The van der Waals surface area contributed by atoms with Crippen molar-refractivity contribution in [3.63, 3.8) is 0 Å². The molecule has 1 unspecified atom stereocenters. The van der Waals surface area contributed by atoms with Gasteiger partial charge in [-0.1, -0.05) is 6.07 Å². The zero-order valence-electron chi connectivity index (χ0n) is 11.2. The minimum absolute atomic E-state index is 0.0615. The fourth-order valence-corrected chi connectivity index (χ4v) is 4.57. The molecule has 1 aromatic rings. The molecule has 0 aliphatic carbocycles. The second-order valence-corrected chi connectivity index (χ2v) is 7.66. The summed E-state index contributed by atoms with van der Waals surface area (Å²) in [5.41, 5.74) is 2.72. The first-order valence-electron chi connectivity index (χ1n) is 6.92. The van der Waals surface area contributed by atoms with Gasteiger partial charge in [-0.2, -0.15) is 0 Å². The van der Waals surface area contributed by atoms with Gasteiger partial charge in [0.15, 0.2) is 9.84 Å². The molecule has 3 rings (SSSR count). The first-order chi connectivity index (χ1) is 9.55. The van der Waals surface area contributed by atoms with Gasteiger partial charge in [-0.3, -0.25) is 4.79 Å². The molecule has 1 atom stereocenters. The van der Waals surface area contributed by atoms with Gasteiger partial charge in [-0.25, -0.2) is 8.42 Å². The van der Waals surface area contributed by atoms with E-state index in [1.54, 1.807) is 0 Å². The van der Waals surface area contributed by atoms with Gasteiger partial charge in [-0.15, -0.1) is 0 Å². The van der Waals surface area contributed by atoms with Crippen LogP contribution in [0.5, 0.6) is 0 Å². The van der Waals surface area contributed by atoms with Crippen LogP contribution in [0, 0.1) is 0 Å². The molecule has 1 amide bonds.